The fourth-order valence-corrected chi connectivity index (χ4v) is 3.03. The number of pyridine rings is 1. The SMILES string of the molecule is CNCc1nnc2n1-c1ccc(Cl)cc1C(c1ccccn1)=NC2. The van der Waals surface area contributed by atoms with Gasteiger partial charge in [-0.3, -0.25) is 14.5 Å². The van der Waals surface area contributed by atoms with Crippen molar-refractivity contribution < 1.29 is 0 Å². The third kappa shape index (κ3) is 2.50. The van der Waals surface area contributed by atoms with Crippen molar-refractivity contribution in [3.05, 3.63) is 70.5 Å². The maximum absolute atomic E-state index is 6.26. The standard InChI is InChI=1S/C17H15ClN6/c1-19-9-15-22-23-16-10-21-17(13-4-2-3-7-20-13)12-8-11(18)5-6-14(12)24(15)16/h2-8,19H,9-10H2,1H3. The lowest BCUT2D eigenvalue weighted by Crippen LogP contribution is -2.14. The molecule has 0 spiro atoms. The normalized spacial score (nSPS) is 13.0. The molecule has 1 aliphatic rings. The van der Waals surface area contributed by atoms with Crippen LogP contribution in [-0.4, -0.2) is 32.5 Å². The highest BCUT2D eigenvalue weighted by molar-refractivity contribution is 6.31. The van der Waals surface area contributed by atoms with Crippen LogP contribution in [0.4, 0.5) is 0 Å². The van der Waals surface area contributed by atoms with Gasteiger partial charge in [0.2, 0.25) is 0 Å². The first-order valence-corrected chi connectivity index (χ1v) is 7.99. The van der Waals surface area contributed by atoms with E-state index in [1.54, 1.807) is 6.20 Å². The van der Waals surface area contributed by atoms with Crippen LogP contribution in [0.15, 0.2) is 47.6 Å². The molecule has 3 aromatic rings. The van der Waals surface area contributed by atoms with Crippen LogP contribution in [0, 0.1) is 0 Å². The summed E-state index contributed by atoms with van der Waals surface area (Å²) in [4.78, 5) is 9.19. The Kier molecular flexibility index (Phi) is 3.84. The van der Waals surface area contributed by atoms with Gasteiger partial charge in [0.25, 0.3) is 0 Å². The van der Waals surface area contributed by atoms with Crippen molar-refractivity contribution in [2.45, 2.75) is 13.1 Å². The molecule has 1 aromatic carbocycles. The van der Waals surface area contributed by atoms with Crippen LogP contribution in [0.1, 0.15) is 22.9 Å². The molecule has 0 bridgehead atoms. The van der Waals surface area contributed by atoms with Gasteiger partial charge in [0.05, 0.1) is 23.6 Å². The highest BCUT2D eigenvalue weighted by Crippen LogP contribution is 2.27. The second-order valence-electron chi connectivity index (χ2n) is 5.44. The Morgan fingerprint density at radius 2 is 2.12 bits per heavy atom. The van der Waals surface area contributed by atoms with Gasteiger partial charge in [0, 0.05) is 16.8 Å². The maximum atomic E-state index is 6.26. The Morgan fingerprint density at radius 3 is 2.92 bits per heavy atom. The van der Waals surface area contributed by atoms with Crippen LogP contribution < -0.4 is 5.32 Å². The van der Waals surface area contributed by atoms with Gasteiger partial charge in [-0.05, 0) is 37.4 Å². The Bertz CT molecular complexity index is 916. The number of fused-ring (bicyclic) bond motifs is 3. The van der Waals surface area contributed by atoms with Crippen LogP contribution in [0.5, 0.6) is 0 Å². The van der Waals surface area contributed by atoms with Gasteiger partial charge in [-0.25, -0.2) is 0 Å². The highest BCUT2D eigenvalue weighted by atomic mass is 35.5. The average molecular weight is 339 g/mol. The quantitative estimate of drug-likeness (QED) is 0.796. The summed E-state index contributed by atoms with van der Waals surface area (Å²) < 4.78 is 2.04. The van der Waals surface area contributed by atoms with Crippen LogP contribution in [0.3, 0.4) is 0 Å². The molecule has 0 fully saturated rings. The van der Waals surface area contributed by atoms with Crippen molar-refractivity contribution in [3.8, 4) is 5.69 Å². The lowest BCUT2D eigenvalue weighted by molar-refractivity contribution is 0.731. The van der Waals surface area contributed by atoms with E-state index in [0.29, 0.717) is 18.1 Å². The molecule has 6 nitrogen and oxygen atoms in total. The van der Waals surface area contributed by atoms with Gasteiger partial charge in [-0.1, -0.05) is 17.7 Å². The van der Waals surface area contributed by atoms with E-state index in [0.717, 1.165) is 34.3 Å². The highest BCUT2D eigenvalue weighted by Gasteiger charge is 2.23. The summed E-state index contributed by atoms with van der Waals surface area (Å²) in [6.07, 6.45) is 1.76. The predicted molar refractivity (Wildman–Crippen MR) is 92.7 cm³/mol. The molecular formula is C17H15ClN6. The molecule has 3 heterocycles. The summed E-state index contributed by atoms with van der Waals surface area (Å²) in [5.74, 6) is 1.64. The van der Waals surface area contributed by atoms with E-state index < -0.39 is 0 Å². The minimum Gasteiger partial charge on any atom is -0.313 e. The Balaban J connectivity index is 1.96. The second kappa shape index (κ2) is 6.14. The minimum atomic E-state index is 0.439. The van der Waals surface area contributed by atoms with E-state index in [9.17, 15) is 0 Å². The van der Waals surface area contributed by atoms with Crippen LogP contribution >= 0.6 is 11.6 Å². The summed E-state index contributed by atoms with van der Waals surface area (Å²) in [5.41, 5.74) is 3.52. The molecule has 7 heteroatoms. The minimum absolute atomic E-state index is 0.439. The van der Waals surface area contributed by atoms with E-state index in [2.05, 4.69) is 20.5 Å². The number of hydrogen-bond donors (Lipinski definition) is 1. The first kappa shape index (κ1) is 15.0. The summed E-state index contributed by atoms with van der Waals surface area (Å²) in [5, 5.41) is 12.4. The number of halogens is 1. The number of aliphatic imine (C=N–C) groups is 1. The van der Waals surface area contributed by atoms with Crippen molar-refractivity contribution in [1.29, 1.82) is 0 Å². The first-order chi connectivity index (χ1) is 11.8. The molecule has 24 heavy (non-hydrogen) atoms. The van der Waals surface area contributed by atoms with Crippen LogP contribution in [-0.2, 0) is 13.1 Å². The maximum Gasteiger partial charge on any atom is 0.159 e. The fourth-order valence-electron chi connectivity index (χ4n) is 2.86. The van der Waals surface area contributed by atoms with Crippen molar-refractivity contribution in [2.75, 3.05) is 7.05 Å². The molecule has 1 aliphatic heterocycles. The number of rotatable bonds is 3. The summed E-state index contributed by atoms with van der Waals surface area (Å²) in [6, 6.07) is 11.6. The lowest BCUT2D eigenvalue weighted by Gasteiger charge is -2.13. The van der Waals surface area contributed by atoms with Gasteiger partial charge in [0.15, 0.2) is 11.6 Å². The predicted octanol–water partition coefficient (Wildman–Crippen LogP) is 2.39. The third-order valence-electron chi connectivity index (χ3n) is 3.87. The second-order valence-corrected chi connectivity index (χ2v) is 5.88. The molecule has 0 unspecified atom stereocenters. The van der Waals surface area contributed by atoms with Crippen molar-refractivity contribution in [2.24, 2.45) is 4.99 Å². The number of aromatic nitrogens is 4. The van der Waals surface area contributed by atoms with E-state index in [-0.39, 0.29) is 0 Å². The molecule has 0 aliphatic carbocycles. The van der Waals surface area contributed by atoms with Crippen molar-refractivity contribution in [3.63, 3.8) is 0 Å². The van der Waals surface area contributed by atoms with Crippen LogP contribution in [0.2, 0.25) is 5.02 Å². The Hall–Kier alpha value is -2.57. The van der Waals surface area contributed by atoms with Gasteiger partial charge in [-0.15, -0.1) is 10.2 Å². The molecule has 0 radical (unpaired) electrons. The molecule has 1 N–H and O–H groups in total. The van der Waals surface area contributed by atoms with E-state index in [1.807, 2.05) is 48.0 Å². The van der Waals surface area contributed by atoms with Gasteiger partial charge in [-0.2, -0.15) is 0 Å². The first-order valence-electron chi connectivity index (χ1n) is 7.62. The molecular weight excluding hydrogens is 324 g/mol. The summed E-state index contributed by atoms with van der Waals surface area (Å²) in [7, 11) is 1.89. The molecule has 4 rings (SSSR count). The largest absolute Gasteiger partial charge is 0.313 e. The van der Waals surface area contributed by atoms with Gasteiger partial charge in [0.1, 0.15) is 6.54 Å². The van der Waals surface area contributed by atoms with Crippen LogP contribution in [0.25, 0.3) is 5.69 Å². The Labute approximate surface area is 144 Å². The molecule has 120 valence electrons. The zero-order valence-corrected chi connectivity index (χ0v) is 13.8. The van der Waals surface area contributed by atoms with Gasteiger partial charge >= 0.3 is 0 Å². The molecule has 0 amide bonds. The molecule has 0 atom stereocenters. The number of benzene rings is 1. The number of nitrogens with one attached hydrogen (secondary N) is 1. The van der Waals surface area contributed by atoms with Crippen molar-refractivity contribution >= 4 is 17.3 Å². The van der Waals surface area contributed by atoms with E-state index in [4.69, 9.17) is 16.6 Å². The zero-order chi connectivity index (χ0) is 16.5. The summed E-state index contributed by atoms with van der Waals surface area (Å²) >= 11 is 6.26. The third-order valence-corrected chi connectivity index (χ3v) is 4.11. The number of nitrogens with zero attached hydrogens (tertiary/aromatic N) is 5. The number of hydrogen-bond acceptors (Lipinski definition) is 5. The topological polar surface area (TPSA) is 68.0 Å². The smallest absolute Gasteiger partial charge is 0.159 e. The molecule has 0 saturated heterocycles. The molecule has 2 aromatic heterocycles. The zero-order valence-electron chi connectivity index (χ0n) is 13.1. The van der Waals surface area contributed by atoms with E-state index >= 15 is 0 Å². The molecule has 0 saturated carbocycles. The Morgan fingerprint density at radius 1 is 1.21 bits per heavy atom. The lowest BCUT2D eigenvalue weighted by atomic mass is 10.0. The fraction of sp³-hybridized carbons (Fsp3) is 0.176. The van der Waals surface area contributed by atoms with Gasteiger partial charge < -0.3 is 5.32 Å². The average Bonchev–Trinajstić information content (AvgIpc) is 2.92. The monoisotopic (exact) mass is 338 g/mol. The van der Waals surface area contributed by atoms with Crippen molar-refractivity contribution in [1.82, 2.24) is 25.1 Å². The van der Waals surface area contributed by atoms with E-state index in [1.165, 1.54) is 0 Å². The summed E-state index contributed by atoms with van der Waals surface area (Å²) in [6.45, 7) is 1.06.